The summed E-state index contributed by atoms with van der Waals surface area (Å²) >= 11 is 0. The van der Waals surface area contributed by atoms with E-state index in [1.807, 2.05) is 0 Å². The fourth-order valence-electron chi connectivity index (χ4n) is 2.80. The van der Waals surface area contributed by atoms with Gasteiger partial charge in [0, 0.05) is 18.8 Å². The van der Waals surface area contributed by atoms with Gasteiger partial charge in [0.05, 0.1) is 0 Å². The Morgan fingerprint density at radius 2 is 1.65 bits per heavy atom. The van der Waals surface area contributed by atoms with Gasteiger partial charge in [-0.15, -0.1) is 0 Å². The van der Waals surface area contributed by atoms with E-state index in [4.69, 9.17) is 0 Å². The number of anilines is 1. The van der Waals surface area contributed by atoms with E-state index in [-0.39, 0.29) is 0 Å². The molecule has 0 radical (unpaired) electrons. The maximum Gasteiger partial charge on any atom is 0.0400 e. The molecule has 94 valence electrons. The van der Waals surface area contributed by atoms with E-state index < -0.39 is 0 Å². The lowest BCUT2D eigenvalue weighted by molar-refractivity contribution is 0.352. The highest BCUT2D eigenvalue weighted by Gasteiger charge is 2.10. The second kappa shape index (κ2) is 5.54. The average Bonchev–Trinajstić information content (AvgIpc) is 2.74. The van der Waals surface area contributed by atoms with Crippen LogP contribution in [0.1, 0.15) is 29.5 Å². The summed E-state index contributed by atoms with van der Waals surface area (Å²) in [5.41, 5.74) is 5.41. The van der Waals surface area contributed by atoms with E-state index >= 15 is 0 Å². The zero-order valence-electron chi connectivity index (χ0n) is 11.3. The molecule has 1 N–H and O–H groups in total. The third kappa shape index (κ3) is 3.22. The Morgan fingerprint density at radius 3 is 2.24 bits per heavy atom. The summed E-state index contributed by atoms with van der Waals surface area (Å²) in [6.45, 7) is 11.4. The van der Waals surface area contributed by atoms with Crippen LogP contribution in [0, 0.1) is 20.8 Å². The second-order valence-corrected chi connectivity index (χ2v) is 5.25. The maximum atomic E-state index is 3.59. The van der Waals surface area contributed by atoms with Crippen LogP contribution < -0.4 is 5.32 Å². The molecule has 0 unspecified atom stereocenters. The van der Waals surface area contributed by atoms with Crippen molar-refractivity contribution in [3.8, 4) is 0 Å². The van der Waals surface area contributed by atoms with Gasteiger partial charge in [-0.2, -0.15) is 0 Å². The molecule has 0 saturated carbocycles. The number of likely N-dealkylation sites (tertiary alicyclic amines) is 1. The van der Waals surface area contributed by atoms with E-state index in [1.165, 1.54) is 54.9 Å². The van der Waals surface area contributed by atoms with Crippen LogP contribution in [-0.4, -0.2) is 31.1 Å². The molecular formula is C15H24N2. The highest BCUT2D eigenvalue weighted by Crippen LogP contribution is 2.21. The average molecular weight is 232 g/mol. The van der Waals surface area contributed by atoms with E-state index in [2.05, 4.69) is 43.1 Å². The summed E-state index contributed by atoms with van der Waals surface area (Å²) in [7, 11) is 0. The molecule has 0 amide bonds. The van der Waals surface area contributed by atoms with Gasteiger partial charge in [0.15, 0.2) is 0 Å². The Balaban J connectivity index is 1.89. The zero-order valence-corrected chi connectivity index (χ0v) is 11.3. The highest BCUT2D eigenvalue weighted by atomic mass is 15.1. The van der Waals surface area contributed by atoms with Crippen LogP contribution in [0.5, 0.6) is 0 Å². The standard InChI is InChI=1S/C15H24N2/c1-12-10-13(2)15(14(3)11-12)16-6-9-17-7-4-5-8-17/h10-11,16H,4-9H2,1-3H3. The molecule has 1 aliphatic heterocycles. The number of rotatable bonds is 4. The van der Waals surface area contributed by atoms with Gasteiger partial charge in [0.25, 0.3) is 0 Å². The van der Waals surface area contributed by atoms with Gasteiger partial charge in [-0.3, -0.25) is 0 Å². The molecule has 0 aromatic heterocycles. The van der Waals surface area contributed by atoms with Gasteiger partial charge in [0.2, 0.25) is 0 Å². The summed E-state index contributed by atoms with van der Waals surface area (Å²) in [5, 5.41) is 3.59. The lowest BCUT2D eigenvalue weighted by Gasteiger charge is -2.18. The highest BCUT2D eigenvalue weighted by molar-refractivity contribution is 5.58. The molecule has 2 nitrogen and oxygen atoms in total. The number of hydrogen-bond donors (Lipinski definition) is 1. The predicted octanol–water partition coefficient (Wildman–Crippen LogP) is 3.12. The van der Waals surface area contributed by atoms with Crippen molar-refractivity contribution in [3.63, 3.8) is 0 Å². The smallest absolute Gasteiger partial charge is 0.0400 e. The molecule has 2 heteroatoms. The molecule has 1 heterocycles. The number of benzene rings is 1. The van der Waals surface area contributed by atoms with E-state index in [1.54, 1.807) is 0 Å². The largest absolute Gasteiger partial charge is 0.383 e. The minimum absolute atomic E-state index is 1.06. The molecule has 1 aromatic rings. The van der Waals surface area contributed by atoms with Crippen LogP contribution in [-0.2, 0) is 0 Å². The molecule has 1 aliphatic rings. The summed E-state index contributed by atoms with van der Waals surface area (Å²) < 4.78 is 0. The van der Waals surface area contributed by atoms with Gasteiger partial charge in [-0.25, -0.2) is 0 Å². The number of nitrogens with zero attached hydrogens (tertiary/aromatic N) is 1. The summed E-state index contributed by atoms with van der Waals surface area (Å²) in [6, 6.07) is 4.51. The molecule has 17 heavy (non-hydrogen) atoms. The molecule has 0 spiro atoms. The van der Waals surface area contributed by atoms with Gasteiger partial charge in [-0.05, 0) is 57.8 Å². The first kappa shape index (κ1) is 12.4. The molecule has 1 fully saturated rings. The van der Waals surface area contributed by atoms with Crippen molar-refractivity contribution >= 4 is 5.69 Å². The maximum absolute atomic E-state index is 3.59. The molecule has 0 bridgehead atoms. The van der Waals surface area contributed by atoms with Crippen LogP contribution in [0.3, 0.4) is 0 Å². The molecule has 0 aliphatic carbocycles. The van der Waals surface area contributed by atoms with Gasteiger partial charge >= 0.3 is 0 Å². The normalized spacial score (nSPS) is 16.4. The summed E-state index contributed by atoms with van der Waals surface area (Å²) in [5.74, 6) is 0. The number of nitrogens with one attached hydrogen (secondary N) is 1. The minimum Gasteiger partial charge on any atom is -0.383 e. The van der Waals surface area contributed by atoms with Crippen molar-refractivity contribution in [2.24, 2.45) is 0 Å². The number of hydrogen-bond acceptors (Lipinski definition) is 2. The Hall–Kier alpha value is -1.02. The van der Waals surface area contributed by atoms with Crippen LogP contribution in [0.2, 0.25) is 0 Å². The first-order valence-corrected chi connectivity index (χ1v) is 6.71. The molecule has 2 rings (SSSR count). The van der Waals surface area contributed by atoms with E-state index in [0.29, 0.717) is 0 Å². The van der Waals surface area contributed by atoms with Crippen molar-refractivity contribution in [3.05, 3.63) is 28.8 Å². The molecule has 1 saturated heterocycles. The van der Waals surface area contributed by atoms with E-state index in [9.17, 15) is 0 Å². The Morgan fingerprint density at radius 1 is 1.06 bits per heavy atom. The van der Waals surface area contributed by atoms with Crippen LogP contribution >= 0.6 is 0 Å². The predicted molar refractivity (Wildman–Crippen MR) is 74.8 cm³/mol. The quantitative estimate of drug-likeness (QED) is 0.858. The van der Waals surface area contributed by atoms with Crippen LogP contribution in [0.25, 0.3) is 0 Å². The van der Waals surface area contributed by atoms with Gasteiger partial charge in [0.1, 0.15) is 0 Å². The van der Waals surface area contributed by atoms with Crippen molar-refractivity contribution < 1.29 is 0 Å². The molecular weight excluding hydrogens is 208 g/mol. The Labute approximate surface area is 105 Å². The van der Waals surface area contributed by atoms with Gasteiger partial charge in [-0.1, -0.05) is 17.7 Å². The van der Waals surface area contributed by atoms with Crippen molar-refractivity contribution in [1.82, 2.24) is 4.90 Å². The van der Waals surface area contributed by atoms with Crippen molar-refractivity contribution in [1.29, 1.82) is 0 Å². The lowest BCUT2D eigenvalue weighted by Crippen LogP contribution is -2.26. The first-order valence-electron chi connectivity index (χ1n) is 6.71. The fraction of sp³-hybridized carbons (Fsp3) is 0.600. The van der Waals surface area contributed by atoms with Gasteiger partial charge < -0.3 is 10.2 Å². The summed E-state index contributed by atoms with van der Waals surface area (Å²) in [6.07, 6.45) is 2.76. The second-order valence-electron chi connectivity index (χ2n) is 5.25. The Bertz CT molecular complexity index is 356. The first-order chi connectivity index (χ1) is 8.16. The van der Waals surface area contributed by atoms with Crippen LogP contribution in [0.15, 0.2) is 12.1 Å². The minimum atomic E-state index is 1.06. The third-order valence-electron chi connectivity index (χ3n) is 3.61. The lowest BCUT2D eigenvalue weighted by atomic mass is 10.1. The monoisotopic (exact) mass is 232 g/mol. The Kier molecular flexibility index (Phi) is 4.06. The molecule has 0 atom stereocenters. The molecule has 1 aromatic carbocycles. The zero-order chi connectivity index (χ0) is 12.3. The fourth-order valence-corrected chi connectivity index (χ4v) is 2.80. The van der Waals surface area contributed by atoms with Crippen LogP contribution in [0.4, 0.5) is 5.69 Å². The van der Waals surface area contributed by atoms with E-state index in [0.717, 1.165) is 6.54 Å². The topological polar surface area (TPSA) is 15.3 Å². The SMILES string of the molecule is Cc1cc(C)c(NCCN2CCCC2)c(C)c1. The third-order valence-corrected chi connectivity index (χ3v) is 3.61. The number of aryl methyl sites for hydroxylation is 3. The van der Waals surface area contributed by atoms with Crippen molar-refractivity contribution in [2.45, 2.75) is 33.6 Å². The van der Waals surface area contributed by atoms with Crippen molar-refractivity contribution in [2.75, 3.05) is 31.5 Å². The summed E-state index contributed by atoms with van der Waals surface area (Å²) in [4.78, 5) is 2.55.